The van der Waals surface area contributed by atoms with E-state index in [0.717, 1.165) is 5.69 Å². The van der Waals surface area contributed by atoms with Crippen LogP contribution in [0.4, 0.5) is 0 Å². The molecule has 0 aromatic carbocycles. The number of nitrogens with one attached hydrogen (secondary N) is 1. The largest absolute Gasteiger partial charge is 0.389 e. The van der Waals surface area contributed by atoms with Crippen LogP contribution in [0.1, 0.15) is 18.7 Å². The molecule has 1 aromatic rings. The number of rotatable bonds is 6. The van der Waals surface area contributed by atoms with Crippen LogP contribution in [0, 0.1) is 0 Å². The number of hydrogen-bond donors (Lipinski definition) is 2. The molecule has 15 heavy (non-hydrogen) atoms. The van der Waals surface area contributed by atoms with Crippen molar-refractivity contribution in [2.45, 2.75) is 19.1 Å². The summed E-state index contributed by atoms with van der Waals surface area (Å²) in [5.74, 6) is 0. The topological polar surface area (TPSA) is 54.4 Å². The maximum Gasteiger partial charge on any atom is 0.0897 e. The number of methoxy groups -OCH3 is 1. The Hall–Kier alpha value is -0.970. The van der Waals surface area contributed by atoms with Gasteiger partial charge < -0.3 is 15.2 Å². The molecule has 0 saturated carbocycles. The van der Waals surface area contributed by atoms with Gasteiger partial charge in [-0.15, -0.1) is 0 Å². The van der Waals surface area contributed by atoms with Crippen LogP contribution in [0.2, 0.25) is 0 Å². The molecule has 2 N–H and O–H groups in total. The molecule has 0 saturated heterocycles. The van der Waals surface area contributed by atoms with Crippen molar-refractivity contribution in [1.82, 2.24) is 10.3 Å². The fourth-order valence-corrected chi connectivity index (χ4v) is 1.30. The predicted molar refractivity (Wildman–Crippen MR) is 58.5 cm³/mol. The standard InChI is InChI=1S/C11H18N2O2/c1-9(11-5-3-4-6-12-11)13-7-10(14)8-15-2/h3-6,9-10,13-14H,7-8H2,1-2H3/t9-,10?/m0/s1. The van der Waals surface area contributed by atoms with Gasteiger partial charge in [-0.1, -0.05) is 6.07 Å². The predicted octanol–water partition coefficient (Wildman–Crippen LogP) is 0.739. The lowest BCUT2D eigenvalue weighted by molar-refractivity contribution is 0.0630. The summed E-state index contributed by atoms with van der Waals surface area (Å²) >= 11 is 0. The zero-order valence-electron chi connectivity index (χ0n) is 9.18. The summed E-state index contributed by atoms with van der Waals surface area (Å²) in [5, 5.41) is 12.6. The van der Waals surface area contributed by atoms with Gasteiger partial charge >= 0.3 is 0 Å². The van der Waals surface area contributed by atoms with Gasteiger partial charge in [0.05, 0.1) is 18.4 Å². The van der Waals surface area contributed by atoms with Gasteiger partial charge in [0.1, 0.15) is 0 Å². The third kappa shape index (κ3) is 4.38. The van der Waals surface area contributed by atoms with E-state index in [1.807, 2.05) is 25.1 Å². The van der Waals surface area contributed by atoms with E-state index in [1.54, 1.807) is 13.3 Å². The number of aliphatic hydroxyl groups excluding tert-OH is 1. The lowest BCUT2D eigenvalue weighted by atomic mass is 10.2. The maximum absolute atomic E-state index is 9.44. The van der Waals surface area contributed by atoms with E-state index in [-0.39, 0.29) is 6.04 Å². The average Bonchev–Trinajstić information content (AvgIpc) is 2.27. The fraction of sp³-hybridized carbons (Fsp3) is 0.545. The SMILES string of the molecule is COCC(O)CN[C@@H](C)c1ccccn1. The summed E-state index contributed by atoms with van der Waals surface area (Å²) < 4.78 is 4.84. The van der Waals surface area contributed by atoms with Gasteiger partial charge in [0, 0.05) is 25.9 Å². The molecule has 1 aromatic heterocycles. The lowest BCUT2D eigenvalue weighted by Crippen LogP contribution is -2.32. The molecule has 0 radical (unpaired) electrons. The van der Waals surface area contributed by atoms with Crippen molar-refractivity contribution in [1.29, 1.82) is 0 Å². The first kappa shape index (κ1) is 12.1. The zero-order chi connectivity index (χ0) is 11.1. The summed E-state index contributed by atoms with van der Waals surface area (Å²) in [6.07, 6.45) is 1.29. The highest BCUT2D eigenvalue weighted by Gasteiger charge is 2.08. The Kier molecular flexibility index (Phi) is 5.25. The first-order chi connectivity index (χ1) is 7.24. The molecule has 84 valence electrons. The van der Waals surface area contributed by atoms with Gasteiger partial charge in [-0.3, -0.25) is 4.98 Å². The second-order valence-corrected chi connectivity index (χ2v) is 3.49. The van der Waals surface area contributed by atoms with Gasteiger partial charge in [-0.25, -0.2) is 0 Å². The van der Waals surface area contributed by atoms with E-state index < -0.39 is 6.10 Å². The first-order valence-electron chi connectivity index (χ1n) is 5.05. The molecule has 0 fully saturated rings. The van der Waals surface area contributed by atoms with Crippen LogP contribution in [0.15, 0.2) is 24.4 Å². The second kappa shape index (κ2) is 6.50. The van der Waals surface area contributed by atoms with Crippen molar-refractivity contribution in [3.8, 4) is 0 Å². The van der Waals surface area contributed by atoms with Crippen LogP contribution in [-0.2, 0) is 4.74 Å². The minimum Gasteiger partial charge on any atom is -0.389 e. The van der Waals surface area contributed by atoms with Crippen molar-refractivity contribution in [2.24, 2.45) is 0 Å². The number of pyridine rings is 1. The van der Waals surface area contributed by atoms with Crippen LogP contribution in [0.5, 0.6) is 0 Å². The zero-order valence-corrected chi connectivity index (χ0v) is 9.18. The Bertz CT molecular complexity index is 267. The highest BCUT2D eigenvalue weighted by atomic mass is 16.5. The number of ether oxygens (including phenoxy) is 1. The molecule has 1 heterocycles. The van der Waals surface area contributed by atoms with Crippen LogP contribution in [0.25, 0.3) is 0 Å². The summed E-state index contributed by atoms with van der Waals surface area (Å²) in [7, 11) is 1.57. The molecule has 1 unspecified atom stereocenters. The molecule has 1 rings (SSSR count). The van der Waals surface area contributed by atoms with Crippen LogP contribution >= 0.6 is 0 Å². The summed E-state index contributed by atoms with van der Waals surface area (Å²) in [6.45, 7) is 2.87. The smallest absolute Gasteiger partial charge is 0.0897 e. The van der Waals surface area contributed by atoms with Crippen molar-refractivity contribution >= 4 is 0 Å². The molecular weight excluding hydrogens is 192 g/mol. The monoisotopic (exact) mass is 210 g/mol. The summed E-state index contributed by atoms with van der Waals surface area (Å²) in [4.78, 5) is 4.23. The molecule has 0 spiro atoms. The lowest BCUT2D eigenvalue weighted by Gasteiger charge is -2.16. The van der Waals surface area contributed by atoms with Crippen LogP contribution < -0.4 is 5.32 Å². The molecule has 0 bridgehead atoms. The molecule has 0 amide bonds. The van der Waals surface area contributed by atoms with Gasteiger partial charge in [0.2, 0.25) is 0 Å². The minimum absolute atomic E-state index is 0.137. The number of nitrogens with zero attached hydrogens (tertiary/aromatic N) is 1. The van der Waals surface area contributed by atoms with Gasteiger partial charge in [-0.2, -0.15) is 0 Å². The Labute approximate surface area is 90.3 Å². The Morgan fingerprint density at radius 2 is 2.33 bits per heavy atom. The minimum atomic E-state index is -0.471. The highest BCUT2D eigenvalue weighted by Crippen LogP contribution is 2.07. The molecule has 0 aliphatic heterocycles. The quantitative estimate of drug-likeness (QED) is 0.727. The molecule has 0 aliphatic carbocycles. The first-order valence-corrected chi connectivity index (χ1v) is 5.05. The Morgan fingerprint density at radius 3 is 2.93 bits per heavy atom. The van der Waals surface area contributed by atoms with Crippen molar-refractivity contribution in [3.63, 3.8) is 0 Å². The number of hydrogen-bond acceptors (Lipinski definition) is 4. The van der Waals surface area contributed by atoms with Crippen molar-refractivity contribution in [3.05, 3.63) is 30.1 Å². The van der Waals surface area contributed by atoms with E-state index >= 15 is 0 Å². The second-order valence-electron chi connectivity index (χ2n) is 3.49. The van der Waals surface area contributed by atoms with E-state index in [9.17, 15) is 5.11 Å². The molecule has 4 nitrogen and oxygen atoms in total. The molecule has 4 heteroatoms. The third-order valence-electron chi connectivity index (χ3n) is 2.15. The third-order valence-corrected chi connectivity index (χ3v) is 2.15. The van der Waals surface area contributed by atoms with E-state index in [0.29, 0.717) is 13.2 Å². The van der Waals surface area contributed by atoms with Gasteiger partial charge in [0.25, 0.3) is 0 Å². The maximum atomic E-state index is 9.44. The van der Waals surface area contributed by atoms with Crippen molar-refractivity contribution < 1.29 is 9.84 Å². The molecule has 2 atom stereocenters. The average molecular weight is 210 g/mol. The highest BCUT2D eigenvalue weighted by molar-refractivity contribution is 5.07. The van der Waals surface area contributed by atoms with Gasteiger partial charge in [-0.05, 0) is 19.1 Å². The normalized spacial score (nSPS) is 14.9. The van der Waals surface area contributed by atoms with E-state index in [1.165, 1.54) is 0 Å². The Morgan fingerprint density at radius 1 is 1.53 bits per heavy atom. The number of aromatic nitrogens is 1. The molecule has 0 aliphatic rings. The van der Waals surface area contributed by atoms with E-state index in [4.69, 9.17) is 4.74 Å². The van der Waals surface area contributed by atoms with E-state index in [2.05, 4.69) is 10.3 Å². The fourth-order valence-electron chi connectivity index (χ4n) is 1.30. The summed E-state index contributed by atoms with van der Waals surface area (Å²) in [6, 6.07) is 5.93. The van der Waals surface area contributed by atoms with Gasteiger partial charge in [0.15, 0.2) is 0 Å². The molecular formula is C11H18N2O2. The summed E-state index contributed by atoms with van der Waals surface area (Å²) in [5.41, 5.74) is 0.974. The number of aliphatic hydroxyl groups is 1. The van der Waals surface area contributed by atoms with Crippen LogP contribution in [0.3, 0.4) is 0 Å². The van der Waals surface area contributed by atoms with Crippen molar-refractivity contribution in [2.75, 3.05) is 20.3 Å². The Balaban J connectivity index is 2.33. The van der Waals surface area contributed by atoms with Crippen LogP contribution in [-0.4, -0.2) is 36.5 Å².